The molecule has 0 aliphatic rings. The summed E-state index contributed by atoms with van der Waals surface area (Å²) < 4.78 is 0. The zero-order chi connectivity index (χ0) is 22.2. The van der Waals surface area contributed by atoms with Gasteiger partial charge in [0, 0.05) is 5.92 Å². The molecule has 0 bridgehead atoms. The van der Waals surface area contributed by atoms with Crippen LogP contribution in [-0.2, 0) is 9.59 Å². The van der Waals surface area contributed by atoms with Crippen LogP contribution in [0.25, 0.3) is 0 Å². The fourth-order valence-corrected chi connectivity index (χ4v) is 0.824. The molecule has 10 heteroatoms. The molecule has 0 aromatic heterocycles. The predicted molar refractivity (Wildman–Crippen MR) is 106 cm³/mol. The van der Waals surface area contributed by atoms with Crippen molar-refractivity contribution in [3.8, 4) is 0 Å². The van der Waals surface area contributed by atoms with Crippen molar-refractivity contribution in [3.63, 3.8) is 0 Å². The Kier molecular flexibility index (Phi) is 27.7. The Hall–Kier alpha value is -0.610. The van der Waals surface area contributed by atoms with Crippen molar-refractivity contribution >= 4 is 55.8 Å². The first kappa shape index (κ1) is 37.2. The summed E-state index contributed by atoms with van der Waals surface area (Å²) in [4.78, 5) is 28.0. The molecule has 2 atom stereocenters. The van der Waals surface area contributed by atoms with Gasteiger partial charge < -0.3 is 30.6 Å². The van der Waals surface area contributed by atoms with Crippen LogP contribution in [0.5, 0.6) is 0 Å². The van der Waals surface area contributed by atoms with Crippen molar-refractivity contribution in [2.75, 3.05) is 0 Å². The molecule has 0 fully saturated rings. The molecular formula is C17H38CaO9. The van der Waals surface area contributed by atoms with Gasteiger partial charge in [-0.25, -0.2) is 4.79 Å². The Morgan fingerprint density at radius 2 is 1.00 bits per heavy atom. The van der Waals surface area contributed by atoms with Crippen molar-refractivity contribution in [3.05, 3.63) is 0 Å². The maximum absolute atomic E-state index is 9.70. The average molecular weight is 427 g/mol. The quantitative estimate of drug-likeness (QED) is 0.359. The Bertz CT molecular complexity index is 368. The van der Waals surface area contributed by atoms with Gasteiger partial charge in [-0.05, 0) is 20.3 Å². The minimum absolute atomic E-state index is 0. The van der Waals surface area contributed by atoms with E-state index in [1.807, 2.05) is 13.8 Å². The number of aliphatic hydroxyl groups is 2. The SMILES string of the molecule is CC(C)C(=O)O.CC(C)C(=O)O.CCC(O)C(C)C(C)(C)O.O=C(O)O.[CaH2]. The monoisotopic (exact) mass is 426 g/mol. The molecule has 0 aliphatic heterocycles. The third kappa shape index (κ3) is 36.9. The first-order chi connectivity index (χ1) is 11.4. The molecule has 0 saturated carbocycles. The van der Waals surface area contributed by atoms with Crippen LogP contribution in [0.3, 0.4) is 0 Å². The molecule has 6 N–H and O–H groups in total. The van der Waals surface area contributed by atoms with Crippen molar-refractivity contribution in [1.82, 2.24) is 0 Å². The van der Waals surface area contributed by atoms with Crippen LogP contribution < -0.4 is 0 Å². The van der Waals surface area contributed by atoms with Crippen LogP contribution in [0.1, 0.15) is 61.8 Å². The van der Waals surface area contributed by atoms with Crippen LogP contribution in [0.2, 0.25) is 0 Å². The fraction of sp³-hybridized carbons (Fsp3) is 0.824. The van der Waals surface area contributed by atoms with Crippen molar-refractivity contribution in [2.24, 2.45) is 17.8 Å². The molecular weight excluding hydrogens is 388 g/mol. The molecule has 0 spiro atoms. The molecule has 0 radical (unpaired) electrons. The third-order valence-corrected chi connectivity index (χ3v) is 3.10. The topological polar surface area (TPSA) is 173 Å². The molecule has 0 aliphatic carbocycles. The van der Waals surface area contributed by atoms with Crippen molar-refractivity contribution in [2.45, 2.75) is 73.5 Å². The van der Waals surface area contributed by atoms with E-state index >= 15 is 0 Å². The second-order valence-corrected chi connectivity index (χ2v) is 6.69. The number of carboxylic acids is 2. The van der Waals surface area contributed by atoms with Gasteiger partial charge in [-0.2, -0.15) is 0 Å². The third-order valence-electron chi connectivity index (χ3n) is 3.10. The van der Waals surface area contributed by atoms with Gasteiger partial charge in [0.25, 0.3) is 0 Å². The Labute approximate surface area is 191 Å². The van der Waals surface area contributed by atoms with E-state index in [0.29, 0.717) is 6.42 Å². The van der Waals surface area contributed by atoms with E-state index in [0.717, 1.165) is 0 Å². The van der Waals surface area contributed by atoms with Crippen molar-refractivity contribution in [1.29, 1.82) is 0 Å². The number of carboxylic acid groups (broad SMARTS) is 4. The molecule has 9 nitrogen and oxygen atoms in total. The number of aliphatic hydroxyl groups excluding tert-OH is 1. The van der Waals surface area contributed by atoms with E-state index in [4.69, 9.17) is 25.2 Å². The summed E-state index contributed by atoms with van der Waals surface area (Å²) >= 11 is 0. The maximum atomic E-state index is 9.70. The van der Waals surface area contributed by atoms with Gasteiger partial charge in [0.15, 0.2) is 0 Å². The van der Waals surface area contributed by atoms with Gasteiger partial charge in [-0.3, -0.25) is 9.59 Å². The first-order valence-electron chi connectivity index (χ1n) is 8.19. The Balaban J connectivity index is -0.0000000833. The van der Waals surface area contributed by atoms with E-state index < -0.39 is 23.7 Å². The summed E-state index contributed by atoms with van der Waals surface area (Å²) in [6.45, 7) is 13.8. The Morgan fingerprint density at radius 1 is 0.815 bits per heavy atom. The Morgan fingerprint density at radius 3 is 1.04 bits per heavy atom. The predicted octanol–water partition coefficient (Wildman–Crippen LogP) is 1.92. The summed E-state index contributed by atoms with van der Waals surface area (Å²) in [5, 5.41) is 48.7. The van der Waals surface area contributed by atoms with E-state index in [9.17, 15) is 19.8 Å². The molecule has 2 unspecified atom stereocenters. The fourth-order valence-electron chi connectivity index (χ4n) is 0.824. The average Bonchev–Trinajstić information content (AvgIpc) is 2.45. The molecule has 0 aromatic carbocycles. The summed E-state index contributed by atoms with van der Waals surface area (Å²) in [5.41, 5.74) is -0.768. The molecule has 0 aromatic rings. The van der Waals surface area contributed by atoms with Crippen LogP contribution in [-0.4, -0.2) is 98.2 Å². The molecule has 27 heavy (non-hydrogen) atoms. The molecule has 162 valence electrons. The van der Waals surface area contributed by atoms with Gasteiger partial charge in [0.2, 0.25) is 0 Å². The number of aliphatic carboxylic acids is 2. The summed E-state index contributed by atoms with van der Waals surface area (Å²) in [7, 11) is 0. The molecule has 0 amide bonds. The summed E-state index contributed by atoms with van der Waals surface area (Å²) in [5.74, 6) is -2.00. The van der Waals surface area contributed by atoms with E-state index in [1.54, 1.807) is 41.5 Å². The molecule has 0 heterocycles. The van der Waals surface area contributed by atoms with Crippen LogP contribution in [0.4, 0.5) is 4.79 Å². The molecule has 0 rings (SSSR count). The standard InChI is InChI=1S/C8H18O2.2C4H8O2.CH2O3.Ca.2H/c1-5-7(9)6(2)8(3,4)10;2*1-3(2)4(5)6;2-1(3)4;;;/h6-7,9-10H,5H2,1-4H3;2*3H,1-2H3,(H,5,6);(H2,2,3,4);;;. The van der Waals surface area contributed by atoms with Crippen LogP contribution >= 0.6 is 0 Å². The van der Waals surface area contributed by atoms with E-state index in [1.165, 1.54) is 0 Å². The van der Waals surface area contributed by atoms with Gasteiger partial charge in [-0.15, -0.1) is 0 Å². The minimum atomic E-state index is -1.83. The van der Waals surface area contributed by atoms with Gasteiger partial charge >= 0.3 is 55.8 Å². The summed E-state index contributed by atoms with van der Waals surface area (Å²) in [6, 6.07) is 0. The number of hydrogen-bond acceptors (Lipinski definition) is 5. The van der Waals surface area contributed by atoms with Gasteiger partial charge in [-0.1, -0.05) is 41.5 Å². The number of carbonyl (C=O) groups is 3. The molecule has 0 saturated heterocycles. The normalized spacial score (nSPS) is 11.9. The van der Waals surface area contributed by atoms with Crippen LogP contribution in [0, 0.1) is 17.8 Å². The zero-order valence-electron chi connectivity index (χ0n) is 16.9. The number of hydrogen-bond donors (Lipinski definition) is 6. The summed E-state index contributed by atoms with van der Waals surface area (Å²) in [6.07, 6.45) is -1.52. The first-order valence-corrected chi connectivity index (χ1v) is 8.19. The van der Waals surface area contributed by atoms with Crippen molar-refractivity contribution < 1.29 is 45.0 Å². The van der Waals surface area contributed by atoms with E-state index in [-0.39, 0.29) is 61.6 Å². The van der Waals surface area contributed by atoms with E-state index in [2.05, 4.69) is 0 Å². The number of rotatable bonds is 5. The van der Waals surface area contributed by atoms with Crippen LogP contribution in [0.15, 0.2) is 0 Å². The van der Waals surface area contributed by atoms with Gasteiger partial charge in [0.05, 0.1) is 23.5 Å². The second-order valence-electron chi connectivity index (χ2n) is 6.69. The second kappa shape index (κ2) is 20.1. The zero-order valence-corrected chi connectivity index (χ0v) is 16.9. The van der Waals surface area contributed by atoms with Gasteiger partial charge in [0.1, 0.15) is 0 Å².